The minimum absolute atomic E-state index is 0.270. The molecule has 0 N–H and O–H groups in total. The van der Waals surface area contributed by atoms with Crippen molar-refractivity contribution in [2.24, 2.45) is 0 Å². The number of methoxy groups -OCH3 is 1. The Balaban J connectivity index is 3.51. The smallest absolute Gasteiger partial charge is 0.362 e. The number of ether oxygens (including phenoxy) is 1. The zero-order chi connectivity index (χ0) is 10.0. The Morgan fingerprint density at radius 2 is 2.15 bits per heavy atom. The number of halogens is 1. The standard InChI is InChI=1S/C5H5FN4O3/c1-13-3-9-5(12)10(6)4(11)8(9)2-7/h3H2,1H3. The van der Waals surface area contributed by atoms with Crippen molar-refractivity contribution < 1.29 is 9.22 Å². The number of nitrogens with zero attached hydrogens (tertiary/aromatic N) is 4. The molecule has 0 radical (unpaired) electrons. The highest BCUT2D eigenvalue weighted by Gasteiger charge is 2.14. The Kier molecular flexibility index (Phi) is 2.29. The lowest BCUT2D eigenvalue weighted by Gasteiger charge is -1.98. The largest absolute Gasteiger partial charge is 0.390 e. The van der Waals surface area contributed by atoms with Crippen LogP contribution in [0.25, 0.3) is 0 Å². The van der Waals surface area contributed by atoms with Crippen LogP contribution in [0.4, 0.5) is 4.48 Å². The first-order valence-electron chi connectivity index (χ1n) is 3.13. The molecule has 0 bridgehead atoms. The van der Waals surface area contributed by atoms with Gasteiger partial charge >= 0.3 is 11.4 Å². The van der Waals surface area contributed by atoms with Gasteiger partial charge < -0.3 is 4.74 Å². The molecule has 1 aromatic heterocycles. The van der Waals surface area contributed by atoms with Crippen LogP contribution in [-0.4, -0.2) is 21.3 Å². The summed E-state index contributed by atoms with van der Waals surface area (Å²) in [5, 5.41) is 8.38. The highest BCUT2D eigenvalue weighted by molar-refractivity contribution is 4.81. The third-order valence-corrected chi connectivity index (χ3v) is 1.33. The van der Waals surface area contributed by atoms with Crippen LogP contribution in [0.2, 0.25) is 0 Å². The molecule has 0 aromatic carbocycles. The first-order valence-corrected chi connectivity index (χ1v) is 3.13. The number of aromatic nitrogens is 3. The summed E-state index contributed by atoms with van der Waals surface area (Å²) >= 11 is 0. The highest BCUT2D eigenvalue weighted by atomic mass is 19.2. The van der Waals surface area contributed by atoms with Gasteiger partial charge in [-0.15, -0.1) is 4.68 Å². The van der Waals surface area contributed by atoms with E-state index in [9.17, 15) is 14.1 Å². The van der Waals surface area contributed by atoms with E-state index >= 15 is 0 Å². The van der Waals surface area contributed by atoms with Crippen molar-refractivity contribution in [3.05, 3.63) is 21.0 Å². The van der Waals surface area contributed by atoms with Gasteiger partial charge in [-0.2, -0.15) is 9.94 Å². The van der Waals surface area contributed by atoms with Crippen LogP contribution in [0.5, 0.6) is 0 Å². The predicted octanol–water partition coefficient (Wildman–Crippen LogP) is -1.52. The van der Waals surface area contributed by atoms with E-state index in [1.165, 1.54) is 13.3 Å². The number of hydrogen-bond donors (Lipinski definition) is 0. The van der Waals surface area contributed by atoms with Crippen molar-refractivity contribution in [1.82, 2.24) is 14.2 Å². The van der Waals surface area contributed by atoms with Crippen LogP contribution in [0.3, 0.4) is 0 Å². The van der Waals surface area contributed by atoms with Gasteiger partial charge in [0.2, 0.25) is 6.19 Å². The first kappa shape index (κ1) is 9.21. The summed E-state index contributed by atoms with van der Waals surface area (Å²) in [7, 11) is 1.24. The fourth-order valence-corrected chi connectivity index (χ4v) is 0.787. The molecule has 0 saturated heterocycles. The quantitative estimate of drug-likeness (QED) is 0.564. The minimum atomic E-state index is -1.34. The monoisotopic (exact) mass is 188 g/mol. The second-order valence-corrected chi connectivity index (χ2v) is 2.08. The molecule has 0 atom stereocenters. The molecule has 0 unspecified atom stereocenters. The van der Waals surface area contributed by atoms with E-state index < -0.39 is 16.2 Å². The third-order valence-electron chi connectivity index (χ3n) is 1.33. The Labute approximate surface area is 70.7 Å². The van der Waals surface area contributed by atoms with Gasteiger partial charge in [-0.1, -0.05) is 9.27 Å². The summed E-state index contributed by atoms with van der Waals surface area (Å²) < 4.78 is 17.9. The average Bonchev–Trinajstić information content (AvgIpc) is 2.32. The van der Waals surface area contributed by atoms with Crippen LogP contribution >= 0.6 is 0 Å². The minimum Gasteiger partial charge on any atom is -0.362 e. The van der Waals surface area contributed by atoms with E-state index in [4.69, 9.17) is 5.26 Å². The lowest BCUT2D eigenvalue weighted by Crippen LogP contribution is -2.25. The van der Waals surface area contributed by atoms with Crippen LogP contribution < -0.4 is 11.4 Å². The maximum absolute atomic E-state index is 12.6. The van der Waals surface area contributed by atoms with E-state index in [1.54, 1.807) is 0 Å². The van der Waals surface area contributed by atoms with Crippen molar-refractivity contribution in [1.29, 1.82) is 5.26 Å². The summed E-state index contributed by atoms with van der Waals surface area (Å²) in [4.78, 5) is 21.0. The molecule has 8 heteroatoms. The Bertz CT molecular complexity index is 462. The van der Waals surface area contributed by atoms with E-state index in [2.05, 4.69) is 4.74 Å². The van der Waals surface area contributed by atoms with Gasteiger partial charge in [-0.3, -0.25) is 0 Å². The summed E-state index contributed by atoms with van der Waals surface area (Å²) in [6.07, 6.45) is 1.34. The van der Waals surface area contributed by atoms with E-state index in [0.29, 0.717) is 4.68 Å². The van der Waals surface area contributed by atoms with Gasteiger partial charge in [0.1, 0.15) is 6.73 Å². The zero-order valence-electron chi connectivity index (χ0n) is 6.60. The van der Waals surface area contributed by atoms with Crippen LogP contribution in [0.1, 0.15) is 0 Å². The molecule has 70 valence electrons. The molecule has 0 spiro atoms. The molecule has 0 aliphatic rings. The summed E-state index contributed by atoms with van der Waals surface area (Å²) in [6.45, 7) is -0.363. The normalized spacial score (nSPS) is 9.92. The maximum atomic E-state index is 12.6. The van der Waals surface area contributed by atoms with E-state index in [-0.39, 0.29) is 11.4 Å². The average molecular weight is 188 g/mol. The van der Waals surface area contributed by atoms with Crippen LogP contribution in [-0.2, 0) is 11.5 Å². The molecular weight excluding hydrogens is 183 g/mol. The molecule has 0 amide bonds. The second kappa shape index (κ2) is 3.24. The second-order valence-electron chi connectivity index (χ2n) is 2.08. The van der Waals surface area contributed by atoms with E-state index in [1.807, 2.05) is 0 Å². The Hall–Kier alpha value is -1.88. The highest BCUT2D eigenvalue weighted by Crippen LogP contribution is 1.79. The first-order chi connectivity index (χ1) is 6.13. The molecule has 1 aromatic rings. The predicted molar refractivity (Wildman–Crippen MR) is 37.5 cm³/mol. The number of rotatable bonds is 2. The summed E-state index contributed by atoms with van der Waals surface area (Å²) in [5.41, 5.74) is -2.59. The van der Waals surface area contributed by atoms with Crippen LogP contribution in [0, 0.1) is 11.5 Å². The Morgan fingerprint density at radius 3 is 2.62 bits per heavy atom. The maximum Gasteiger partial charge on any atom is 0.390 e. The lowest BCUT2D eigenvalue weighted by molar-refractivity contribution is 0.110. The lowest BCUT2D eigenvalue weighted by atomic mass is 11.1. The SMILES string of the molecule is COCn1c(=O)n(F)c(=O)n1C#N. The van der Waals surface area contributed by atoms with Crippen molar-refractivity contribution in [2.75, 3.05) is 7.11 Å². The number of hydrogen-bond acceptors (Lipinski definition) is 4. The summed E-state index contributed by atoms with van der Waals surface area (Å²) in [6, 6.07) is 0. The van der Waals surface area contributed by atoms with Crippen molar-refractivity contribution in [3.63, 3.8) is 0 Å². The van der Waals surface area contributed by atoms with E-state index in [0.717, 1.165) is 0 Å². The summed E-state index contributed by atoms with van der Waals surface area (Å²) in [5.74, 6) is 0. The third kappa shape index (κ3) is 1.25. The molecule has 13 heavy (non-hydrogen) atoms. The van der Waals surface area contributed by atoms with Gasteiger partial charge in [0.15, 0.2) is 0 Å². The molecule has 0 aliphatic heterocycles. The fraction of sp³-hybridized carbons (Fsp3) is 0.400. The Morgan fingerprint density at radius 1 is 1.54 bits per heavy atom. The zero-order valence-corrected chi connectivity index (χ0v) is 6.60. The topological polar surface area (TPSA) is 81.9 Å². The van der Waals surface area contributed by atoms with Crippen molar-refractivity contribution >= 4 is 0 Å². The van der Waals surface area contributed by atoms with Gasteiger partial charge in [-0.25, -0.2) is 9.59 Å². The van der Waals surface area contributed by atoms with Crippen molar-refractivity contribution in [2.45, 2.75) is 6.73 Å². The molecule has 0 aliphatic carbocycles. The fourth-order valence-electron chi connectivity index (χ4n) is 0.787. The van der Waals surface area contributed by atoms with Crippen LogP contribution in [0.15, 0.2) is 9.59 Å². The van der Waals surface area contributed by atoms with Crippen molar-refractivity contribution in [3.8, 4) is 6.19 Å². The van der Waals surface area contributed by atoms with Gasteiger partial charge in [0, 0.05) is 7.11 Å². The molecule has 0 saturated carbocycles. The molecule has 1 heterocycles. The number of nitriles is 1. The van der Waals surface area contributed by atoms with Gasteiger partial charge in [-0.05, 0) is 0 Å². The van der Waals surface area contributed by atoms with Gasteiger partial charge in [0.05, 0.1) is 0 Å². The molecule has 1 rings (SSSR count). The van der Waals surface area contributed by atoms with Gasteiger partial charge in [0.25, 0.3) is 0 Å². The molecule has 0 fully saturated rings. The molecular formula is C5H5FN4O3. The molecule has 7 nitrogen and oxygen atoms in total.